The number of rotatable bonds is 5. The van der Waals surface area contributed by atoms with Crippen molar-refractivity contribution in [3.63, 3.8) is 0 Å². The van der Waals surface area contributed by atoms with Crippen molar-refractivity contribution in [1.82, 2.24) is 9.78 Å². The number of halogens is 1. The molecule has 0 fully saturated rings. The van der Waals surface area contributed by atoms with Gasteiger partial charge in [-0.05, 0) is 31.0 Å². The maximum Gasteiger partial charge on any atom is 0.288 e. The van der Waals surface area contributed by atoms with Crippen LogP contribution in [0.1, 0.15) is 11.1 Å². The van der Waals surface area contributed by atoms with Gasteiger partial charge in [0.1, 0.15) is 5.02 Å². The molecule has 1 heterocycles. The molecule has 2 aromatic rings. The van der Waals surface area contributed by atoms with Gasteiger partial charge in [-0.15, -0.1) is 0 Å². The summed E-state index contributed by atoms with van der Waals surface area (Å²) in [7, 11) is 0. The van der Waals surface area contributed by atoms with Gasteiger partial charge >= 0.3 is 0 Å². The number of nitro groups is 1. The summed E-state index contributed by atoms with van der Waals surface area (Å²) in [6.45, 7) is 5.17. The summed E-state index contributed by atoms with van der Waals surface area (Å²) in [6.07, 6.45) is 3.76. The Morgan fingerprint density at radius 2 is 2.20 bits per heavy atom. The van der Waals surface area contributed by atoms with E-state index < -0.39 is 4.92 Å². The van der Waals surface area contributed by atoms with Gasteiger partial charge in [0.15, 0.2) is 0 Å². The third-order valence-corrected chi connectivity index (χ3v) is 3.21. The first kappa shape index (κ1) is 14.3. The maximum absolute atomic E-state index is 10.8. The third-order valence-electron chi connectivity index (χ3n) is 2.91. The highest BCUT2D eigenvalue weighted by atomic mass is 35.5. The van der Waals surface area contributed by atoms with Gasteiger partial charge in [-0.25, -0.2) is 0 Å². The zero-order valence-corrected chi connectivity index (χ0v) is 12.0. The number of nitro benzene ring substituents is 1. The highest BCUT2D eigenvalue weighted by Crippen LogP contribution is 2.30. The Balaban J connectivity index is 2.03. The van der Waals surface area contributed by atoms with Crippen LogP contribution in [0.5, 0.6) is 0 Å². The standard InChI is InChI=1S/C13H15ClN4O2/c1-9-7-16-17(8-9)4-3-15-12-6-11(14)13(18(19)20)5-10(12)2/h5-8,15H,3-4H2,1-2H3. The van der Waals surface area contributed by atoms with Crippen molar-refractivity contribution in [1.29, 1.82) is 0 Å². The smallest absolute Gasteiger partial charge is 0.288 e. The molecule has 0 aliphatic heterocycles. The van der Waals surface area contributed by atoms with E-state index >= 15 is 0 Å². The van der Waals surface area contributed by atoms with E-state index in [1.807, 2.05) is 24.7 Å². The van der Waals surface area contributed by atoms with Gasteiger partial charge < -0.3 is 5.32 Å². The number of hydrogen-bond donors (Lipinski definition) is 1. The van der Waals surface area contributed by atoms with E-state index in [2.05, 4.69) is 10.4 Å². The van der Waals surface area contributed by atoms with Crippen molar-refractivity contribution in [3.05, 3.63) is 50.8 Å². The summed E-state index contributed by atoms with van der Waals surface area (Å²) in [4.78, 5) is 10.3. The molecular formula is C13H15ClN4O2. The molecule has 0 spiro atoms. The molecule has 20 heavy (non-hydrogen) atoms. The maximum atomic E-state index is 10.8. The Hall–Kier alpha value is -2.08. The quantitative estimate of drug-likeness (QED) is 0.679. The first-order valence-electron chi connectivity index (χ1n) is 6.15. The van der Waals surface area contributed by atoms with Crippen molar-refractivity contribution in [3.8, 4) is 0 Å². The molecule has 0 saturated heterocycles. The number of anilines is 1. The minimum Gasteiger partial charge on any atom is -0.383 e. The Bertz CT molecular complexity index is 639. The normalized spacial score (nSPS) is 10.6. The van der Waals surface area contributed by atoms with Crippen LogP contribution in [0, 0.1) is 24.0 Å². The minimum absolute atomic E-state index is 0.0718. The molecule has 0 radical (unpaired) electrons. The molecule has 7 heteroatoms. The number of benzene rings is 1. The zero-order chi connectivity index (χ0) is 14.7. The lowest BCUT2D eigenvalue weighted by atomic mass is 10.2. The van der Waals surface area contributed by atoms with E-state index in [0.717, 1.165) is 16.8 Å². The number of hydrogen-bond acceptors (Lipinski definition) is 4. The molecule has 1 N–H and O–H groups in total. The summed E-state index contributed by atoms with van der Waals surface area (Å²) < 4.78 is 1.84. The molecule has 0 aliphatic carbocycles. The number of nitrogens with zero attached hydrogens (tertiary/aromatic N) is 3. The highest BCUT2D eigenvalue weighted by molar-refractivity contribution is 6.33. The molecule has 106 valence electrons. The van der Waals surface area contributed by atoms with Crippen molar-refractivity contribution in [2.24, 2.45) is 0 Å². The summed E-state index contributed by atoms with van der Waals surface area (Å²) in [6, 6.07) is 3.06. The van der Waals surface area contributed by atoms with Crippen molar-refractivity contribution in [2.75, 3.05) is 11.9 Å². The molecule has 0 aliphatic rings. The van der Waals surface area contributed by atoms with Crippen molar-refractivity contribution < 1.29 is 4.92 Å². The lowest BCUT2D eigenvalue weighted by Gasteiger charge is -2.10. The first-order chi connectivity index (χ1) is 9.47. The van der Waals surface area contributed by atoms with Crippen LogP contribution in [0.15, 0.2) is 24.5 Å². The van der Waals surface area contributed by atoms with Crippen LogP contribution in [0.3, 0.4) is 0 Å². The van der Waals surface area contributed by atoms with E-state index in [1.54, 1.807) is 12.3 Å². The van der Waals surface area contributed by atoms with Gasteiger partial charge in [-0.1, -0.05) is 11.6 Å². The summed E-state index contributed by atoms with van der Waals surface area (Å²) in [5.41, 5.74) is 2.62. The monoisotopic (exact) mass is 294 g/mol. The van der Waals surface area contributed by atoms with Gasteiger partial charge in [-0.2, -0.15) is 5.10 Å². The zero-order valence-electron chi connectivity index (χ0n) is 11.3. The second-order valence-electron chi connectivity index (χ2n) is 4.58. The van der Waals surface area contributed by atoms with E-state index in [4.69, 9.17) is 11.6 Å². The Morgan fingerprint density at radius 3 is 2.80 bits per heavy atom. The molecular weight excluding hydrogens is 280 g/mol. The fourth-order valence-corrected chi connectivity index (χ4v) is 2.12. The first-order valence-corrected chi connectivity index (χ1v) is 6.52. The lowest BCUT2D eigenvalue weighted by molar-refractivity contribution is -0.384. The van der Waals surface area contributed by atoms with Gasteiger partial charge in [0, 0.05) is 24.5 Å². The third kappa shape index (κ3) is 3.27. The second-order valence-corrected chi connectivity index (χ2v) is 4.99. The van der Waals surface area contributed by atoms with Gasteiger partial charge in [0.2, 0.25) is 0 Å². The predicted molar refractivity (Wildman–Crippen MR) is 78.3 cm³/mol. The molecule has 1 aromatic heterocycles. The molecule has 0 amide bonds. The van der Waals surface area contributed by atoms with Gasteiger partial charge in [0.05, 0.1) is 17.7 Å². The highest BCUT2D eigenvalue weighted by Gasteiger charge is 2.14. The summed E-state index contributed by atoms with van der Waals surface area (Å²) in [5, 5.41) is 18.3. The van der Waals surface area contributed by atoms with Crippen molar-refractivity contribution >= 4 is 23.0 Å². The molecule has 0 bridgehead atoms. The average molecular weight is 295 g/mol. The van der Waals surface area contributed by atoms with Crippen LogP contribution >= 0.6 is 11.6 Å². The van der Waals surface area contributed by atoms with Crippen LogP contribution in [-0.4, -0.2) is 21.2 Å². The molecule has 1 aromatic carbocycles. The fraction of sp³-hybridized carbons (Fsp3) is 0.308. The fourth-order valence-electron chi connectivity index (χ4n) is 1.89. The number of aromatic nitrogens is 2. The molecule has 6 nitrogen and oxygen atoms in total. The predicted octanol–water partition coefficient (Wildman–Crippen LogP) is 3.17. The molecule has 0 saturated carbocycles. The molecule has 2 rings (SSSR count). The van der Waals surface area contributed by atoms with Crippen LogP contribution in [0.2, 0.25) is 5.02 Å². The topological polar surface area (TPSA) is 73.0 Å². The Labute approximate surface area is 121 Å². The van der Waals surface area contributed by atoms with E-state index in [0.29, 0.717) is 13.1 Å². The lowest BCUT2D eigenvalue weighted by Crippen LogP contribution is -2.11. The van der Waals surface area contributed by atoms with Crippen molar-refractivity contribution in [2.45, 2.75) is 20.4 Å². The van der Waals surface area contributed by atoms with Crippen LogP contribution < -0.4 is 5.32 Å². The Morgan fingerprint density at radius 1 is 1.45 bits per heavy atom. The summed E-state index contributed by atoms with van der Waals surface area (Å²) in [5.74, 6) is 0. The van der Waals surface area contributed by atoms with E-state index in [-0.39, 0.29) is 10.7 Å². The second kappa shape index (κ2) is 5.92. The van der Waals surface area contributed by atoms with E-state index in [9.17, 15) is 10.1 Å². The minimum atomic E-state index is -0.481. The van der Waals surface area contributed by atoms with Crippen LogP contribution in [0.4, 0.5) is 11.4 Å². The largest absolute Gasteiger partial charge is 0.383 e. The van der Waals surface area contributed by atoms with Gasteiger partial charge in [-0.3, -0.25) is 14.8 Å². The van der Waals surface area contributed by atoms with E-state index in [1.165, 1.54) is 6.07 Å². The molecule has 0 atom stereocenters. The molecule has 0 unspecified atom stereocenters. The number of nitrogens with one attached hydrogen (secondary N) is 1. The van der Waals surface area contributed by atoms with Crippen LogP contribution in [-0.2, 0) is 6.54 Å². The number of aryl methyl sites for hydroxylation is 2. The van der Waals surface area contributed by atoms with Gasteiger partial charge in [0.25, 0.3) is 5.69 Å². The summed E-state index contributed by atoms with van der Waals surface area (Å²) >= 11 is 5.90. The van der Waals surface area contributed by atoms with Crippen LogP contribution in [0.25, 0.3) is 0 Å². The average Bonchev–Trinajstić information content (AvgIpc) is 2.78. The Kier molecular flexibility index (Phi) is 4.24. The SMILES string of the molecule is Cc1cnn(CCNc2cc(Cl)c([N+](=O)[O-])cc2C)c1.